The Labute approximate surface area is 178 Å². The van der Waals surface area contributed by atoms with Crippen LogP contribution in [0, 0.1) is 0 Å². The smallest absolute Gasteiger partial charge is 0.261 e. The van der Waals surface area contributed by atoms with Crippen LogP contribution >= 0.6 is 11.8 Å². The van der Waals surface area contributed by atoms with Gasteiger partial charge in [-0.3, -0.25) is 9.36 Å². The fourth-order valence-corrected chi connectivity index (χ4v) is 5.04. The zero-order valence-electron chi connectivity index (χ0n) is 16.7. The molecule has 0 aliphatic carbocycles. The molecule has 156 valence electrons. The van der Waals surface area contributed by atoms with Gasteiger partial charge in [-0.2, -0.15) is 16.9 Å². The number of aromatic nitrogens is 4. The number of aliphatic hydroxyl groups is 1. The lowest BCUT2D eigenvalue weighted by molar-refractivity contribution is 0.274. The molecule has 1 fully saturated rings. The van der Waals surface area contributed by atoms with Gasteiger partial charge < -0.3 is 14.9 Å². The van der Waals surface area contributed by atoms with E-state index < -0.39 is 0 Å². The molecule has 0 atom stereocenters. The summed E-state index contributed by atoms with van der Waals surface area (Å²) in [6.45, 7) is 3.69. The summed E-state index contributed by atoms with van der Waals surface area (Å²) in [7, 11) is 0. The van der Waals surface area contributed by atoms with E-state index in [1.54, 1.807) is 0 Å². The maximum atomic E-state index is 12.5. The molecule has 0 amide bonds. The standard InChI is InChI=1S/C21H24N6O2S/c28-9-8-27-14-22-19-12-16(1-2-17(19)21(27)29)25-4-6-26(7-5-25)20-11-15-13-30-10-3-18(15)23-24-20/h1-2,11-12,14,28H,3-10,13H2. The van der Waals surface area contributed by atoms with Crippen molar-refractivity contribution in [2.24, 2.45) is 0 Å². The van der Waals surface area contributed by atoms with Crippen molar-refractivity contribution in [3.63, 3.8) is 0 Å². The lowest BCUT2D eigenvalue weighted by atomic mass is 10.1. The quantitative estimate of drug-likeness (QED) is 0.671. The zero-order valence-corrected chi connectivity index (χ0v) is 17.5. The fraction of sp³-hybridized carbons (Fsp3) is 0.429. The van der Waals surface area contributed by atoms with Crippen LogP contribution in [0.3, 0.4) is 0 Å². The number of rotatable bonds is 4. The number of benzene rings is 1. The summed E-state index contributed by atoms with van der Waals surface area (Å²) in [5.41, 5.74) is 4.12. The van der Waals surface area contributed by atoms with Crippen LogP contribution in [0.5, 0.6) is 0 Å². The number of thioether (sulfide) groups is 1. The Kier molecular flexibility index (Phi) is 5.30. The number of anilines is 2. The van der Waals surface area contributed by atoms with Crippen molar-refractivity contribution in [1.82, 2.24) is 19.7 Å². The van der Waals surface area contributed by atoms with Gasteiger partial charge in [0, 0.05) is 44.0 Å². The van der Waals surface area contributed by atoms with Gasteiger partial charge in [-0.25, -0.2) is 4.98 Å². The van der Waals surface area contributed by atoms with Crippen LogP contribution in [0.4, 0.5) is 11.5 Å². The molecule has 30 heavy (non-hydrogen) atoms. The molecule has 0 radical (unpaired) electrons. The van der Waals surface area contributed by atoms with Crippen molar-refractivity contribution >= 4 is 34.2 Å². The molecule has 0 spiro atoms. The van der Waals surface area contributed by atoms with Gasteiger partial charge in [0.2, 0.25) is 0 Å². The van der Waals surface area contributed by atoms with E-state index in [1.807, 2.05) is 30.0 Å². The Morgan fingerprint density at radius 2 is 1.90 bits per heavy atom. The average molecular weight is 425 g/mol. The van der Waals surface area contributed by atoms with Crippen molar-refractivity contribution in [2.45, 2.75) is 18.7 Å². The number of aryl methyl sites for hydroxylation is 1. The molecule has 2 aromatic heterocycles. The third-order valence-corrected chi connectivity index (χ3v) is 6.81. The third-order valence-electron chi connectivity index (χ3n) is 5.81. The van der Waals surface area contributed by atoms with Crippen LogP contribution in [0.25, 0.3) is 10.9 Å². The molecule has 1 aromatic carbocycles. The van der Waals surface area contributed by atoms with Crippen LogP contribution < -0.4 is 15.4 Å². The van der Waals surface area contributed by atoms with Crippen molar-refractivity contribution in [1.29, 1.82) is 0 Å². The molecule has 5 rings (SSSR count). The molecule has 0 saturated carbocycles. The normalized spacial score (nSPS) is 16.7. The number of fused-ring (bicyclic) bond motifs is 2. The zero-order chi connectivity index (χ0) is 20.5. The highest BCUT2D eigenvalue weighted by Crippen LogP contribution is 2.26. The third kappa shape index (κ3) is 3.63. The molecule has 4 heterocycles. The van der Waals surface area contributed by atoms with Gasteiger partial charge in [0.1, 0.15) is 0 Å². The summed E-state index contributed by atoms with van der Waals surface area (Å²) in [5, 5.41) is 18.6. The van der Waals surface area contributed by atoms with Crippen LogP contribution in [-0.2, 0) is 18.7 Å². The summed E-state index contributed by atoms with van der Waals surface area (Å²) >= 11 is 1.96. The minimum absolute atomic E-state index is 0.0805. The van der Waals surface area contributed by atoms with E-state index in [9.17, 15) is 4.79 Å². The molecule has 0 bridgehead atoms. The Bertz CT molecular complexity index is 1130. The Morgan fingerprint density at radius 3 is 2.73 bits per heavy atom. The summed E-state index contributed by atoms with van der Waals surface area (Å²) in [6.07, 6.45) is 2.53. The molecule has 3 aromatic rings. The van der Waals surface area contributed by atoms with Crippen molar-refractivity contribution in [2.75, 3.05) is 48.3 Å². The topological polar surface area (TPSA) is 87.4 Å². The minimum atomic E-state index is -0.116. The van der Waals surface area contributed by atoms with E-state index >= 15 is 0 Å². The maximum absolute atomic E-state index is 12.5. The fourth-order valence-electron chi connectivity index (χ4n) is 4.09. The van der Waals surface area contributed by atoms with Crippen molar-refractivity contribution in [3.8, 4) is 0 Å². The second-order valence-corrected chi connectivity index (χ2v) is 8.72. The van der Waals surface area contributed by atoms with Crippen LogP contribution in [0.2, 0.25) is 0 Å². The first-order valence-corrected chi connectivity index (χ1v) is 11.4. The predicted octanol–water partition coefficient (Wildman–Crippen LogP) is 1.29. The summed E-state index contributed by atoms with van der Waals surface area (Å²) < 4.78 is 1.44. The minimum Gasteiger partial charge on any atom is -0.395 e. The molecular weight excluding hydrogens is 400 g/mol. The van der Waals surface area contributed by atoms with E-state index in [0.717, 1.165) is 61.3 Å². The Balaban J connectivity index is 1.31. The van der Waals surface area contributed by atoms with Gasteiger partial charge in [-0.15, -0.1) is 5.10 Å². The van der Waals surface area contributed by atoms with Crippen LogP contribution in [-0.4, -0.2) is 63.4 Å². The molecule has 1 saturated heterocycles. The van der Waals surface area contributed by atoms with Gasteiger partial charge in [0.05, 0.1) is 36.1 Å². The maximum Gasteiger partial charge on any atom is 0.261 e. The first-order chi connectivity index (χ1) is 14.7. The molecule has 1 N–H and O–H groups in total. The number of nitrogens with zero attached hydrogens (tertiary/aromatic N) is 6. The number of hydrogen-bond donors (Lipinski definition) is 1. The average Bonchev–Trinajstić information content (AvgIpc) is 2.80. The lowest BCUT2D eigenvalue weighted by Gasteiger charge is -2.36. The second kappa shape index (κ2) is 8.23. The highest BCUT2D eigenvalue weighted by Gasteiger charge is 2.21. The van der Waals surface area contributed by atoms with Crippen LogP contribution in [0.15, 0.2) is 35.4 Å². The monoisotopic (exact) mass is 424 g/mol. The predicted molar refractivity (Wildman–Crippen MR) is 119 cm³/mol. The van der Waals surface area contributed by atoms with Crippen molar-refractivity contribution < 1.29 is 5.11 Å². The van der Waals surface area contributed by atoms with E-state index in [2.05, 4.69) is 31.0 Å². The highest BCUT2D eigenvalue weighted by atomic mass is 32.2. The second-order valence-electron chi connectivity index (χ2n) is 7.62. The van der Waals surface area contributed by atoms with E-state index in [4.69, 9.17) is 5.11 Å². The molecule has 0 unspecified atom stereocenters. The largest absolute Gasteiger partial charge is 0.395 e. The van der Waals surface area contributed by atoms with Crippen molar-refractivity contribution in [3.05, 3.63) is 52.2 Å². The lowest BCUT2D eigenvalue weighted by Crippen LogP contribution is -2.47. The molecule has 2 aliphatic heterocycles. The van der Waals surface area contributed by atoms with E-state index in [1.165, 1.54) is 16.5 Å². The SMILES string of the molecule is O=c1c2ccc(N3CCN(c4cc5c(nn4)CCSC5)CC3)cc2ncn1CCO. The summed E-state index contributed by atoms with van der Waals surface area (Å²) in [6, 6.07) is 8.01. The van der Waals surface area contributed by atoms with Gasteiger partial charge in [0.15, 0.2) is 5.82 Å². The van der Waals surface area contributed by atoms with E-state index in [-0.39, 0.29) is 18.7 Å². The molecular formula is C21H24N6O2S. The summed E-state index contributed by atoms with van der Waals surface area (Å²) in [4.78, 5) is 21.5. The molecule has 2 aliphatic rings. The van der Waals surface area contributed by atoms with Gasteiger partial charge in [-0.05, 0) is 35.6 Å². The first-order valence-electron chi connectivity index (χ1n) is 10.3. The number of piperazine rings is 1. The Morgan fingerprint density at radius 1 is 1.07 bits per heavy atom. The summed E-state index contributed by atoms with van der Waals surface area (Å²) in [5.74, 6) is 3.14. The highest BCUT2D eigenvalue weighted by molar-refractivity contribution is 7.98. The van der Waals surface area contributed by atoms with Gasteiger partial charge >= 0.3 is 0 Å². The number of hydrogen-bond acceptors (Lipinski definition) is 8. The van der Waals surface area contributed by atoms with Crippen LogP contribution in [0.1, 0.15) is 11.3 Å². The first kappa shape index (κ1) is 19.3. The Hall–Kier alpha value is -2.65. The van der Waals surface area contributed by atoms with Gasteiger partial charge in [0.25, 0.3) is 5.56 Å². The molecule has 9 heteroatoms. The van der Waals surface area contributed by atoms with Gasteiger partial charge in [-0.1, -0.05) is 0 Å². The van der Waals surface area contributed by atoms with E-state index in [0.29, 0.717) is 10.9 Å². The number of aliphatic hydroxyl groups excluding tert-OH is 1. The molecule has 8 nitrogen and oxygen atoms in total.